The van der Waals surface area contributed by atoms with E-state index in [0.29, 0.717) is 19.1 Å². The van der Waals surface area contributed by atoms with Crippen LogP contribution in [0.25, 0.3) is 5.65 Å². The molecule has 34 heavy (non-hydrogen) atoms. The van der Waals surface area contributed by atoms with Gasteiger partial charge in [0, 0.05) is 37.0 Å². The molecule has 9 heteroatoms. The molecule has 0 radical (unpaired) electrons. The van der Waals surface area contributed by atoms with Gasteiger partial charge in [0.1, 0.15) is 12.4 Å². The SMILES string of the molecule is C[C@@H]1CN([C@H]2COc3cc(C(F)(F)F)ccc3[C@@H]2Nc2cccn3cc(C4CC4)nc23)CCO1. The topological polar surface area (TPSA) is 51.0 Å². The number of nitrogens with zero attached hydrogens (tertiary/aromatic N) is 3. The number of hydrogen-bond donors (Lipinski definition) is 1. The quantitative estimate of drug-likeness (QED) is 0.588. The first-order chi connectivity index (χ1) is 16.4. The Morgan fingerprint density at radius 1 is 1.18 bits per heavy atom. The minimum absolute atomic E-state index is 0.0614. The van der Waals surface area contributed by atoms with E-state index >= 15 is 0 Å². The number of halogens is 3. The summed E-state index contributed by atoms with van der Waals surface area (Å²) in [7, 11) is 0. The Hall–Kier alpha value is -2.78. The Balaban J connectivity index is 1.39. The van der Waals surface area contributed by atoms with Crippen molar-refractivity contribution in [2.75, 3.05) is 31.6 Å². The van der Waals surface area contributed by atoms with Crippen LogP contribution in [0.5, 0.6) is 5.75 Å². The second kappa shape index (κ2) is 8.16. The third-order valence-electron chi connectivity index (χ3n) is 7.02. The molecule has 3 aromatic rings. The molecule has 2 aliphatic heterocycles. The Morgan fingerprint density at radius 2 is 2.03 bits per heavy atom. The Morgan fingerprint density at radius 3 is 2.79 bits per heavy atom. The van der Waals surface area contributed by atoms with Crippen molar-refractivity contribution in [2.45, 2.75) is 50.0 Å². The molecule has 180 valence electrons. The lowest BCUT2D eigenvalue weighted by Crippen LogP contribution is -2.54. The summed E-state index contributed by atoms with van der Waals surface area (Å²) in [4.78, 5) is 7.19. The van der Waals surface area contributed by atoms with Gasteiger partial charge in [0.2, 0.25) is 0 Å². The summed E-state index contributed by atoms with van der Waals surface area (Å²) in [6, 6.07) is 7.43. The summed E-state index contributed by atoms with van der Waals surface area (Å²) in [5, 5.41) is 3.65. The fraction of sp³-hybridized carbons (Fsp3) is 0.480. The molecule has 6 rings (SSSR count). The molecule has 0 bridgehead atoms. The lowest BCUT2D eigenvalue weighted by atomic mass is 9.93. The van der Waals surface area contributed by atoms with E-state index in [1.807, 2.05) is 29.7 Å². The minimum Gasteiger partial charge on any atom is -0.491 e. The van der Waals surface area contributed by atoms with Crippen molar-refractivity contribution in [3.63, 3.8) is 0 Å². The first-order valence-corrected chi connectivity index (χ1v) is 11.8. The molecule has 0 amide bonds. The monoisotopic (exact) mass is 472 g/mol. The van der Waals surface area contributed by atoms with Gasteiger partial charge in [-0.15, -0.1) is 0 Å². The molecule has 2 fully saturated rings. The van der Waals surface area contributed by atoms with Crippen molar-refractivity contribution < 1.29 is 22.6 Å². The number of hydrogen-bond acceptors (Lipinski definition) is 5. The first kappa shape index (κ1) is 21.7. The van der Waals surface area contributed by atoms with Crippen LogP contribution in [-0.4, -0.2) is 52.7 Å². The fourth-order valence-corrected chi connectivity index (χ4v) is 5.10. The zero-order valence-corrected chi connectivity index (χ0v) is 18.9. The van der Waals surface area contributed by atoms with Gasteiger partial charge in [-0.2, -0.15) is 13.2 Å². The smallest absolute Gasteiger partial charge is 0.416 e. The van der Waals surface area contributed by atoms with E-state index in [9.17, 15) is 13.2 Å². The van der Waals surface area contributed by atoms with Gasteiger partial charge in [-0.25, -0.2) is 4.98 Å². The van der Waals surface area contributed by atoms with Crippen LogP contribution in [0.4, 0.5) is 18.9 Å². The van der Waals surface area contributed by atoms with E-state index < -0.39 is 11.7 Å². The van der Waals surface area contributed by atoms with E-state index in [1.54, 1.807) is 6.07 Å². The molecule has 6 nitrogen and oxygen atoms in total. The predicted octanol–water partition coefficient (Wildman–Crippen LogP) is 4.87. The van der Waals surface area contributed by atoms with Crippen LogP contribution < -0.4 is 10.1 Å². The van der Waals surface area contributed by atoms with Crippen molar-refractivity contribution >= 4 is 11.3 Å². The van der Waals surface area contributed by atoms with Gasteiger partial charge in [-0.05, 0) is 44.0 Å². The number of morpholine rings is 1. The largest absolute Gasteiger partial charge is 0.491 e. The molecule has 1 aromatic carbocycles. The highest BCUT2D eigenvalue weighted by Gasteiger charge is 2.39. The van der Waals surface area contributed by atoms with E-state index in [1.165, 1.54) is 12.8 Å². The number of ether oxygens (including phenoxy) is 2. The van der Waals surface area contributed by atoms with Gasteiger partial charge in [-0.1, -0.05) is 6.07 Å². The number of benzene rings is 1. The van der Waals surface area contributed by atoms with Gasteiger partial charge in [0.15, 0.2) is 5.65 Å². The molecule has 4 heterocycles. The zero-order valence-electron chi connectivity index (χ0n) is 18.9. The molecule has 1 N–H and O–H groups in total. The van der Waals surface area contributed by atoms with Crippen LogP contribution in [-0.2, 0) is 10.9 Å². The van der Waals surface area contributed by atoms with Crippen LogP contribution in [0.3, 0.4) is 0 Å². The van der Waals surface area contributed by atoms with Gasteiger partial charge in [-0.3, -0.25) is 4.90 Å². The lowest BCUT2D eigenvalue weighted by Gasteiger charge is -2.44. The zero-order chi connectivity index (χ0) is 23.4. The molecule has 3 aliphatic rings. The number of aromatic nitrogens is 2. The Bertz CT molecular complexity index is 1210. The normalized spacial score (nSPS) is 25.7. The predicted molar refractivity (Wildman–Crippen MR) is 121 cm³/mol. The third kappa shape index (κ3) is 4.01. The van der Waals surface area contributed by atoms with Gasteiger partial charge < -0.3 is 19.2 Å². The average Bonchev–Trinajstić information content (AvgIpc) is 3.57. The molecule has 1 saturated carbocycles. The highest BCUT2D eigenvalue weighted by molar-refractivity contribution is 5.69. The second-order valence-electron chi connectivity index (χ2n) is 9.52. The Labute approximate surface area is 195 Å². The maximum atomic E-state index is 13.4. The van der Waals surface area contributed by atoms with E-state index in [0.717, 1.165) is 47.8 Å². The van der Waals surface area contributed by atoms with E-state index in [2.05, 4.69) is 16.4 Å². The highest BCUT2D eigenvalue weighted by atomic mass is 19.4. The number of imidazole rings is 1. The molecule has 2 aromatic heterocycles. The summed E-state index contributed by atoms with van der Waals surface area (Å²) < 4.78 is 53.7. The number of rotatable bonds is 4. The Kier molecular flexibility index (Phi) is 5.22. The maximum Gasteiger partial charge on any atom is 0.416 e. The van der Waals surface area contributed by atoms with Gasteiger partial charge in [0.05, 0.1) is 41.7 Å². The molecule has 1 saturated heterocycles. The van der Waals surface area contributed by atoms with Crippen molar-refractivity contribution in [2.24, 2.45) is 0 Å². The molecule has 1 aliphatic carbocycles. The van der Waals surface area contributed by atoms with Gasteiger partial charge >= 0.3 is 6.18 Å². The van der Waals surface area contributed by atoms with Crippen LogP contribution in [0.1, 0.15) is 48.5 Å². The third-order valence-corrected chi connectivity index (χ3v) is 7.02. The number of pyridine rings is 1. The molecule has 0 spiro atoms. The van der Waals surface area contributed by atoms with E-state index in [-0.39, 0.29) is 23.9 Å². The molecular formula is C25H27F3N4O2. The number of fused-ring (bicyclic) bond motifs is 2. The van der Waals surface area contributed by atoms with Gasteiger partial charge in [0.25, 0.3) is 0 Å². The van der Waals surface area contributed by atoms with Crippen molar-refractivity contribution in [3.8, 4) is 5.75 Å². The summed E-state index contributed by atoms with van der Waals surface area (Å²) in [5.74, 6) is 0.804. The second-order valence-corrected chi connectivity index (χ2v) is 9.52. The summed E-state index contributed by atoms with van der Waals surface area (Å²) in [6.45, 7) is 4.43. The van der Waals surface area contributed by atoms with Crippen molar-refractivity contribution in [1.29, 1.82) is 0 Å². The van der Waals surface area contributed by atoms with Crippen LogP contribution in [0.2, 0.25) is 0 Å². The number of nitrogens with one attached hydrogen (secondary N) is 1. The van der Waals surface area contributed by atoms with Crippen molar-refractivity contribution in [1.82, 2.24) is 14.3 Å². The van der Waals surface area contributed by atoms with E-state index in [4.69, 9.17) is 14.5 Å². The lowest BCUT2D eigenvalue weighted by molar-refractivity contribution is -0.137. The number of alkyl halides is 3. The minimum atomic E-state index is -4.42. The summed E-state index contributed by atoms with van der Waals surface area (Å²) in [6.07, 6.45) is 2.05. The highest BCUT2D eigenvalue weighted by Crippen LogP contribution is 2.42. The van der Waals surface area contributed by atoms with Crippen LogP contribution >= 0.6 is 0 Å². The first-order valence-electron chi connectivity index (χ1n) is 11.8. The maximum absolute atomic E-state index is 13.4. The summed E-state index contributed by atoms with van der Waals surface area (Å²) in [5.41, 5.74) is 2.80. The standard InChI is InChI=1S/C25H27F3N4O2/c1-15-12-31(9-10-33-15)21-14-34-22-11-17(25(26,27)28)6-7-18(22)23(21)29-19-3-2-8-32-13-20(16-4-5-16)30-24(19)32/h2-3,6-8,11,13,15-16,21,23,29H,4-5,9-10,12,14H2,1H3/t15-,21+,23+/m1/s1. The van der Waals surface area contributed by atoms with Crippen LogP contribution in [0, 0.1) is 0 Å². The number of anilines is 1. The van der Waals surface area contributed by atoms with Crippen molar-refractivity contribution in [3.05, 3.63) is 59.5 Å². The molecular weight excluding hydrogens is 445 g/mol. The average molecular weight is 473 g/mol. The fourth-order valence-electron chi connectivity index (χ4n) is 5.10. The molecule has 3 atom stereocenters. The summed E-state index contributed by atoms with van der Waals surface area (Å²) >= 11 is 0. The van der Waals surface area contributed by atoms with Crippen LogP contribution in [0.15, 0.2) is 42.7 Å². The molecule has 0 unspecified atom stereocenters.